The maximum absolute atomic E-state index is 11.3. The third-order valence-corrected chi connectivity index (χ3v) is 4.50. The number of rotatable bonds is 3. The van der Waals surface area contributed by atoms with E-state index in [4.69, 9.17) is 15.6 Å². The fourth-order valence-electron chi connectivity index (χ4n) is 3.21. The van der Waals surface area contributed by atoms with Gasteiger partial charge >= 0.3 is 0 Å². The van der Waals surface area contributed by atoms with Gasteiger partial charge in [0.15, 0.2) is 5.60 Å². The minimum atomic E-state index is -1.60. The second-order valence-corrected chi connectivity index (χ2v) is 5.86. The van der Waals surface area contributed by atoms with Crippen LogP contribution in [0.5, 0.6) is 5.75 Å². The van der Waals surface area contributed by atoms with Crippen molar-refractivity contribution in [2.45, 2.75) is 5.60 Å². The molecule has 0 saturated carbocycles. The van der Waals surface area contributed by atoms with Crippen molar-refractivity contribution < 1.29 is 14.3 Å². The molecule has 3 heteroatoms. The Balaban J connectivity index is 1.98. The van der Waals surface area contributed by atoms with E-state index < -0.39 is 5.60 Å². The highest BCUT2D eigenvalue weighted by molar-refractivity contribution is 6.05. The number of hydrogen-bond acceptors (Lipinski definition) is 3. The van der Waals surface area contributed by atoms with E-state index in [1.807, 2.05) is 48.5 Å². The zero-order valence-electron chi connectivity index (χ0n) is 13.7. The van der Waals surface area contributed by atoms with Gasteiger partial charge in [-0.3, -0.25) is 0 Å². The average Bonchev–Trinajstić information content (AvgIpc) is 3.05. The lowest BCUT2D eigenvalue weighted by Gasteiger charge is -2.25. The third kappa shape index (κ3) is 2.27. The average molecular weight is 328 g/mol. The number of benzene rings is 3. The van der Waals surface area contributed by atoms with E-state index in [0.29, 0.717) is 16.9 Å². The molecule has 0 amide bonds. The van der Waals surface area contributed by atoms with Crippen LogP contribution in [0.1, 0.15) is 11.1 Å². The molecular formula is C22H16O3. The van der Waals surface area contributed by atoms with Crippen molar-refractivity contribution in [1.29, 1.82) is 0 Å². The van der Waals surface area contributed by atoms with Crippen molar-refractivity contribution in [1.82, 2.24) is 0 Å². The molecule has 0 spiro atoms. The van der Waals surface area contributed by atoms with E-state index in [1.165, 1.54) is 0 Å². The van der Waals surface area contributed by atoms with Gasteiger partial charge in [-0.05, 0) is 24.3 Å². The molecule has 0 radical (unpaired) electrons. The van der Waals surface area contributed by atoms with E-state index in [-0.39, 0.29) is 0 Å². The predicted molar refractivity (Wildman–Crippen MR) is 98.5 cm³/mol. The maximum Gasteiger partial charge on any atom is 0.180 e. The summed E-state index contributed by atoms with van der Waals surface area (Å²) >= 11 is 0. The summed E-state index contributed by atoms with van der Waals surface area (Å²) in [6.45, 7) is 0. The second kappa shape index (κ2) is 5.70. The van der Waals surface area contributed by atoms with E-state index in [2.05, 4.69) is 5.92 Å². The monoisotopic (exact) mass is 328 g/mol. The Morgan fingerprint density at radius 2 is 1.68 bits per heavy atom. The highest BCUT2D eigenvalue weighted by atomic mass is 16.5. The maximum atomic E-state index is 11.3. The molecule has 3 nitrogen and oxygen atoms in total. The SMILES string of the molecule is C#CC(O)(c1ccc2oc3ccccc3c2c1)c1ccccc1OC. The van der Waals surface area contributed by atoms with Gasteiger partial charge in [-0.1, -0.05) is 48.4 Å². The first-order chi connectivity index (χ1) is 12.2. The van der Waals surface area contributed by atoms with Crippen LogP contribution < -0.4 is 4.74 Å². The van der Waals surface area contributed by atoms with Crippen LogP contribution >= 0.6 is 0 Å². The van der Waals surface area contributed by atoms with Crippen LogP contribution in [-0.4, -0.2) is 12.2 Å². The Morgan fingerprint density at radius 3 is 2.48 bits per heavy atom. The molecule has 0 fully saturated rings. The van der Waals surface area contributed by atoms with Gasteiger partial charge in [0.25, 0.3) is 0 Å². The number of terminal acetylenes is 1. The number of para-hydroxylation sites is 2. The zero-order chi connectivity index (χ0) is 17.4. The van der Waals surface area contributed by atoms with Crippen molar-refractivity contribution in [2.24, 2.45) is 0 Å². The first kappa shape index (κ1) is 15.3. The van der Waals surface area contributed by atoms with Crippen LogP contribution in [0.15, 0.2) is 71.1 Å². The van der Waals surface area contributed by atoms with Crippen molar-refractivity contribution in [3.05, 3.63) is 77.9 Å². The number of ether oxygens (including phenoxy) is 1. The van der Waals surface area contributed by atoms with Gasteiger partial charge in [0.1, 0.15) is 16.9 Å². The van der Waals surface area contributed by atoms with Crippen LogP contribution in [0.2, 0.25) is 0 Å². The van der Waals surface area contributed by atoms with Crippen LogP contribution in [0.4, 0.5) is 0 Å². The van der Waals surface area contributed by atoms with Crippen molar-refractivity contribution >= 4 is 21.9 Å². The van der Waals surface area contributed by atoms with Crippen molar-refractivity contribution in [3.63, 3.8) is 0 Å². The Morgan fingerprint density at radius 1 is 0.960 bits per heavy atom. The standard InChI is InChI=1S/C22H16O3/c1-3-22(23,18-9-5-7-11-21(18)24-2)15-12-13-20-17(14-15)16-8-4-6-10-19(16)25-20/h1,4-14,23H,2H3. The molecule has 1 atom stereocenters. The normalized spacial score (nSPS) is 13.5. The van der Waals surface area contributed by atoms with E-state index >= 15 is 0 Å². The van der Waals surface area contributed by atoms with Gasteiger partial charge in [-0.15, -0.1) is 6.42 Å². The highest BCUT2D eigenvalue weighted by Crippen LogP contribution is 2.38. The van der Waals surface area contributed by atoms with E-state index in [0.717, 1.165) is 21.9 Å². The van der Waals surface area contributed by atoms with Gasteiger partial charge in [0.05, 0.1) is 7.11 Å². The summed E-state index contributed by atoms with van der Waals surface area (Å²) in [5.41, 5.74) is 1.09. The van der Waals surface area contributed by atoms with E-state index in [1.54, 1.807) is 25.3 Å². The van der Waals surface area contributed by atoms with Gasteiger partial charge in [-0.2, -0.15) is 0 Å². The molecule has 122 valence electrons. The van der Waals surface area contributed by atoms with E-state index in [9.17, 15) is 5.11 Å². The molecule has 4 aromatic rings. The second-order valence-electron chi connectivity index (χ2n) is 5.86. The van der Waals surface area contributed by atoms with Gasteiger partial charge in [0, 0.05) is 21.9 Å². The van der Waals surface area contributed by atoms with Crippen LogP contribution in [-0.2, 0) is 5.60 Å². The predicted octanol–water partition coefficient (Wildman–Crippen LogP) is 4.46. The summed E-state index contributed by atoms with van der Waals surface area (Å²) in [7, 11) is 1.56. The molecule has 1 N–H and O–H groups in total. The number of hydrogen-bond donors (Lipinski definition) is 1. The van der Waals surface area contributed by atoms with Gasteiger partial charge in [-0.25, -0.2) is 0 Å². The third-order valence-electron chi connectivity index (χ3n) is 4.50. The van der Waals surface area contributed by atoms with Crippen molar-refractivity contribution in [2.75, 3.05) is 7.11 Å². The molecule has 0 saturated heterocycles. The zero-order valence-corrected chi connectivity index (χ0v) is 13.7. The topological polar surface area (TPSA) is 42.6 Å². The summed E-state index contributed by atoms with van der Waals surface area (Å²) in [6.07, 6.45) is 5.75. The minimum Gasteiger partial charge on any atom is -0.496 e. The molecule has 0 aliphatic heterocycles. The van der Waals surface area contributed by atoms with Gasteiger partial charge < -0.3 is 14.3 Å². The Hall–Kier alpha value is -3.22. The molecular weight excluding hydrogens is 312 g/mol. The summed E-state index contributed by atoms with van der Waals surface area (Å²) in [4.78, 5) is 0. The van der Waals surface area contributed by atoms with Crippen LogP contribution in [0.3, 0.4) is 0 Å². The first-order valence-corrected chi connectivity index (χ1v) is 7.93. The summed E-state index contributed by atoms with van der Waals surface area (Å²) in [6, 6.07) is 20.5. The lowest BCUT2D eigenvalue weighted by Crippen LogP contribution is -2.25. The quantitative estimate of drug-likeness (QED) is 0.565. The first-order valence-electron chi connectivity index (χ1n) is 7.93. The lowest BCUT2D eigenvalue weighted by atomic mass is 9.86. The Kier molecular flexibility index (Phi) is 3.49. The fraction of sp³-hybridized carbons (Fsp3) is 0.0909. The largest absolute Gasteiger partial charge is 0.496 e. The summed E-state index contributed by atoms with van der Waals surface area (Å²) in [5, 5.41) is 13.2. The van der Waals surface area contributed by atoms with Gasteiger partial charge in [0.2, 0.25) is 0 Å². The van der Waals surface area contributed by atoms with Crippen LogP contribution in [0, 0.1) is 12.3 Å². The minimum absolute atomic E-state index is 0.534. The van der Waals surface area contributed by atoms with Crippen molar-refractivity contribution in [3.8, 4) is 18.1 Å². The number of aliphatic hydroxyl groups is 1. The number of furan rings is 1. The lowest BCUT2D eigenvalue weighted by molar-refractivity contribution is 0.141. The summed E-state index contributed by atoms with van der Waals surface area (Å²) in [5.74, 6) is 3.08. The smallest absolute Gasteiger partial charge is 0.180 e. The molecule has 4 rings (SSSR count). The highest BCUT2D eigenvalue weighted by Gasteiger charge is 2.32. The number of methoxy groups -OCH3 is 1. The molecule has 1 heterocycles. The number of fused-ring (bicyclic) bond motifs is 3. The molecule has 0 bridgehead atoms. The Labute approximate surface area is 145 Å². The molecule has 0 aliphatic rings. The molecule has 0 aliphatic carbocycles. The summed E-state index contributed by atoms with van der Waals surface area (Å²) < 4.78 is 11.2. The Bertz CT molecular complexity index is 1120. The fourth-order valence-corrected chi connectivity index (χ4v) is 3.21. The molecule has 1 unspecified atom stereocenters. The van der Waals surface area contributed by atoms with Crippen LogP contribution in [0.25, 0.3) is 21.9 Å². The molecule has 1 aromatic heterocycles. The molecule has 25 heavy (non-hydrogen) atoms. The molecule has 3 aromatic carbocycles.